The molecule has 22 heavy (non-hydrogen) atoms. The van der Waals surface area contributed by atoms with Gasteiger partial charge in [0.2, 0.25) is 5.91 Å². The number of ether oxygens (including phenoxy) is 1. The van der Waals surface area contributed by atoms with Gasteiger partial charge in [-0.1, -0.05) is 38.7 Å². The van der Waals surface area contributed by atoms with Crippen molar-refractivity contribution in [3.8, 4) is 0 Å². The summed E-state index contributed by atoms with van der Waals surface area (Å²) in [4.78, 5) is 24.7. The van der Waals surface area contributed by atoms with Gasteiger partial charge in [0.25, 0.3) is 0 Å². The van der Waals surface area contributed by atoms with Gasteiger partial charge in [-0.3, -0.25) is 9.59 Å². The van der Waals surface area contributed by atoms with Crippen LogP contribution in [-0.2, 0) is 14.3 Å². The molecule has 0 aromatic heterocycles. The first kappa shape index (κ1) is 20.5. The quantitative estimate of drug-likeness (QED) is 0.521. The highest BCUT2D eigenvalue weighted by Crippen LogP contribution is 2.13. The van der Waals surface area contributed by atoms with Crippen LogP contribution in [0.1, 0.15) is 52.4 Å². The number of nitrogens with zero attached hydrogens (tertiary/aromatic N) is 1. The van der Waals surface area contributed by atoms with Crippen molar-refractivity contribution in [2.24, 2.45) is 5.73 Å². The van der Waals surface area contributed by atoms with Gasteiger partial charge < -0.3 is 15.4 Å². The number of carbonyl (C=O) groups excluding carboxylic acids is 2. The van der Waals surface area contributed by atoms with Gasteiger partial charge in [-0.2, -0.15) is 0 Å². The van der Waals surface area contributed by atoms with Gasteiger partial charge >= 0.3 is 5.97 Å². The Hall–Kier alpha value is -1.49. The summed E-state index contributed by atoms with van der Waals surface area (Å²) in [6.45, 7) is 4.33. The lowest BCUT2D eigenvalue weighted by Crippen LogP contribution is -2.37. The van der Waals surface area contributed by atoms with E-state index in [1.54, 1.807) is 30.2 Å². The van der Waals surface area contributed by atoms with Crippen molar-refractivity contribution in [3.63, 3.8) is 0 Å². The molecule has 1 rings (SSSR count). The van der Waals surface area contributed by atoms with Gasteiger partial charge in [0.1, 0.15) is 0 Å². The number of allylic oxidation sites excluding steroid dienone is 2. The van der Waals surface area contributed by atoms with E-state index in [0.717, 1.165) is 12.8 Å². The van der Waals surface area contributed by atoms with Crippen LogP contribution in [0.5, 0.6) is 0 Å². The molecule has 1 unspecified atom stereocenters. The molecular formula is C16H27ClN2O3. The summed E-state index contributed by atoms with van der Waals surface area (Å²) < 4.78 is 5.38. The minimum Gasteiger partial charge on any atom is -0.442 e. The lowest BCUT2D eigenvalue weighted by Gasteiger charge is -2.29. The van der Waals surface area contributed by atoms with Crippen LogP contribution in [0.25, 0.3) is 0 Å². The number of nitrogens with two attached hydrogens (primary N) is 1. The number of amides is 1. The Morgan fingerprint density at radius 2 is 2.00 bits per heavy atom. The van der Waals surface area contributed by atoms with E-state index in [1.807, 2.05) is 0 Å². The first-order valence-electron chi connectivity index (χ1n) is 7.67. The zero-order valence-corrected chi connectivity index (χ0v) is 14.2. The molecule has 2 N–H and O–H groups in total. The van der Waals surface area contributed by atoms with Crippen LogP contribution in [0.2, 0.25) is 0 Å². The average molecular weight is 331 g/mol. The smallest absolute Gasteiger partial charge is 0.307 e. The highest BCUT2D eigenvalue weighted by Gasteiger charge is 2.19. The van der Waals surface area contributed by atoms with Crippen molar-refractivity contribution >= 4 is 24.3 Å². The number of unbranched alkanes of at least 4 members (excludes halogenated alkanes) is 4. The second kappa shape index (κ2) is 11.1. The Kier molecular flexibility index (Phi) is 10.4. The highest BCUT2D eigenvalue weighted by molar-refractivity contribution is 5.92. The van der Waals surface area contributed by atoms with Gasteiger partial charge in [0.15, 0.2) is 6.23 Å². The normalized spacial score (nSPS) is 14.8. The lowest BCUT2D eigenvalue weighted by atomic mass is 10.1. The fourth-order valence-electron chi connectivity index (χ4n) is 2.17. The Morgan fingerprint density at radius 3 is 2.64 bits per heavy atom. The summed E-state index contributed by atoms with van der Waals surface area (Å²) >= 11 is 0. The lowest BCUT2D eigenvalue weighted by molar-refractivity contribution is -0.155. The third-order valence-electron chi connectivity index (χ3n) is 3.50. The summed E-state index contributed by atoms with van der Waals surface area (Å²) in [6, 6.07) is 0. The summed E-state index contributed by atoms with van der Waals surface area (Å²) in [6.07, 6.45) is 10.8. The van der Waals surface area contributed by atoms with Crippen molar-refractivity contribution < 1.29 is 14.3 Å². The van der Waals surface area contributed by atoms with Gasteiger partial charge in [-0.25, -0.2) is 0 Å². The van der Waals surface area contributed by atoms with Gasteiger partial charge in [0, 0.05) is 18.2 Å². The SMILES string of the molecule is CCCCCCCC(=O)OC(C)N1C=CC=C(C(N)=O)C1.Cl. The maximum absolute atomic E-state index is 11.8. The van der Waals surface area contributed by atoms with Crippen LogP contribution in [0.3, 0.4) is 0 Å². The zero-order valence-electron chi connectivity index (χ0n) is 13.4. The van der Waals surface area contributed by atoms with Crippen LogP contribution in [0.4, 0.5) is 0 Å². The van der Waals surface area contributed by atoms with E-state index < -0.39 is 12.1 Å². The van der Waals surface area contributed by atoms with Crippen LogP contribution >= 0.6 is 12.4 Å². The van der Waals surface area contributed by atoms with E-state index in [1.165, 1.54) is 19.3 Å². The average Bonchev–Trinajstić information content (AvgIpc) is 2.47. The Balaban J connectivity index is 0.00000441. The van der Waals surface area contributed by atoms with E-state index >= 15 is 0 Å². The van der Waals surface area contributed by atoms with E-state index in [2.05, 4.69) is 6.92 Å². The first-order valence-corrected chi connectivity index (χ1v) is 7.67. The summed E-state index contributed by atoms with van der Waals surface area (Å²) in [5.41, 5.74) is 5.77. The molecule has 1 aliphatic heterocycles. The topological polar surface area (TPSA) is 72.6 Å². The predicted molar refractivity (Wildman–Crippen MR) is 89.3 cm³/mol. The summed E-state index contributed by atoms with van der Waals surface area (Å²) in [7, 11) is 0. The van der Waals surface area contributed by atoms with Gasteiger partial charge in [-0.05, 0) is 19.4 Å². The van der Waals surface area contributed by atoms with E-state index in [0.29, 0.717) is 18.5 Å². The van der Waals surface area contributed by atoms with E-state index in [9.17, 15) is 9.59 Å². The molecule has 1 amide bonds. The fraction of sp³-hybridized carbons (Fsp3) is 0.625. The van der Waals surface area contributed by atoms with Crippen molar-refractivity contribution in [1.82, 2.24) is 4.90 Å². The summed E-state index contributed by atoms with van der Waals surface area (Å²) in [5.74, 6) is -0.638. The highest BCUT2D eigenvalue weighted by atomic mass is 35.5. The zero-order chi connectivity index (χ0) is 15.7. The Bertz CT molecular complexity index is 422. The Morgan fingerprint density at radius 1 is 1.32 bits per heavy atom. The first-order chi connectivity index (χ1) is 10.0. The standard InChI is InChI=1S/C16H26N2O3.ClH/c1-3-4-5-6-7-10-15(19)21-13(2)18-11-8-9-14(12-18)16(17)20;/h8-9,11,13H,3-7,10,12H2,1-2H3,(H2,17,20);1H. The molecule has 0 spiro atoms. The molecule has 6 heteroatoms. The monoisotopic (exact) mass is 330 g/mol. The molecule has 0 aliphatic carbocycles. The fourth-order valence-corrected chi connectivity index (χ4v) is 2.17. The maximum atomic E-state index is 11.8. The number of esters is 1. The molecule has 1 aliphatic rings. The second-order valence-corrected chi connectivity index (χ2v) is 5.32. The third kappa shape index (κ3) is 7.50. The van der Waals surface area contributed by atoms with Crippen LogP contribution in [0.15, 0.2) is 23.9 Å². The number of halogens is 1. The number of hydrogen-bond acceptors (Lipinski definition) is 4. The Labute approximate surface area is 139 Å². The van der Waals surface area contributed by atoms with E-state index in [-0.39, 0.29) is 18.4 Å². The predicted octanol–water partition coefficient (Wildman–Crippen LogP) is 2.90. The third-order valence-corrected chi connectivity index (χ3v) is 3.50. The van der Waals surface area contributed by atoms with Crippen molar-refractivity contribution in [1.29, 1.82) is 0 Å². The van der Waals surface area contributed by atoms with Crippen molar-refractivity contribution in [2.45, 2.75) is 58.6 Å². The van der Waals surface area contributed by atoms with Crippen LogP contribution < -0.4 is 5.73 Å². The molecule has 0 fully saturated rings. The largest absolute Gasteiger partial charge is 0.442 e. The number of hydrogen-bond donors (Lipinski definition) is 1. The second-order valence-electron chi connectivity index (χ2n) is 5.32. The molecule has 0 bridgehead atoms. The van der Waals surface area contributed by atoms with Gasteiger partial charge in [-0.15, -0.1) is 12.4 Å². The number of primary amides is 1. The molecule has 0 aromatic rings. The summed E-state index contributed by atoms with van der Waals surface area (Å²) in [5, 5.41) is 0. The minimum atomic E-state index is -0.446. The molecule has 126 valence electrons. The number of carbonyl (C=O) groups is 2. The van der Waals surface area contributed by atoms with Crippen molar-refractivity contribution in [3.05, 3.63) is 23.9 Å². The van der Waals surface area contributed by atoms with E-state index in [4.69, 9.17) is 10.5 Å². The van der Waals surface area contributed by atoms with Gasteiger partial charge in [0.05, 0.1) is 6.54 Å². The number of rotatable bonds is 9. The minimum absolute atomic E-state index is 0. The molecule has 0 saturated carbocycles. The molecule has 1 atom stereocenters. The van der Waals surface area contributed by atoms with Crippen LogP contribution in [-0.4, -0.2) is 29.5 Å². The van der Waals surface area contributed by atoms with Crippen molar-refractivity contribution in [2.75, 3.05) is 6.54 Å². The molecule has 0 aromatic carbocycles. The molecule has 0 saturated heterocycles. The van der Waals surface area contributed by atoms with Crippen LogP contribution in [0, 0.1) is 0 Å². The molecule has 1 heterocycles. The molecule has 0 radical (unpaired) electrons. The molecule has 5 nitrogen and oxygen atoms in total. The maximum Gasteiger partial charge on any atom is 0.307 e. The molecular weight excluding hydrogens is 304 g/mol.